The number of fused-ring (bicyclic) bond motifs is 1. The summed E-state index contributed by atoms with van der Waals surface area (Å²) in [7, 11) is 0. The number of nitrogens with zero attached hydrogens (tertiary/aromatic N) is 6. The molecular formula is C24H30N6OS2. The van der Waals surface area contributed by atoms with Crippen LogP contribution in [-0.4, -0.2) is 54.1 Å². The van der Waals surface area contributed by atoms with Gasteiger partial charge in [0.15, 0.2) is 5.17 Å². The Balaban J connectivity index is 1.55. The predicted molar refractivity (Wildman–Crippen MR) is 137 cm³/mol. The summed E-state index contributed by atoms with van der Waals surface area (Å²) in [6.45, 7) is 9.05. The van der Waals surface area contributed by atoms with Gasteiger partial charge in [0.25, 0.3) is 5.78 Å². The fourth-order valence-electron chi connectivity index (χ4n) is 4.07. The summed E-state index contributed by atoms with van der Waals surface area (Å²) in [6, 6.07) is 8.20. The van der Waals surface area contributed by atoms with E-state index in [1.54, 1.807) is 16.3 Å². The number of hydrogen-bond acceptors (Lipinski definition) is 7. The van der Waals surface area contributed by atoms with Crippen molar-refractivity contribution in [3.8, 4) is 0 Å². The molecule has 0 atom stereocenters. The van der Waals surface area contributed by atoms with Gasteiger partial charge in [0.05, 0.1) is 5.69 Å². The fraction of sp³-hybridized carbons (Fsp3) is 0.458. The molecule has 3 heterocycles. The lowest BCUT2D eigenvalue weighted by Gasteiger charge is -2.28. The van der Waals surface area contributed by atoms with Crippen LogP contribution in [0.1, 0.15) is 55.1 Å². The van der Waals surface area contributed by atoms with Gasteiger partial charge in [-0.2, -0.15) is 4.98 Å². The molecule has 3 aromatic rings. The van der Waals surface area contributed by atoms with Crippen molar-refractivity contribution in [2.75, 3.05) is 18.6 Å². The maximum absolute atomic E-state index is 13.3. The van der Waals surface area contributed by atoms with E-state index in [0.29, 0.717) is 36.2 Å². The Bertz CT molecular complexity index is 1200. The normalized spacial score (nSPS) is 15.7. The number of aromatic nitrogens is 4. The third-order valence-electron chi connectivity index (χ3n) is 5.86. The number of thioether (sulfide) groups is 2. The van der Waals surface area contributed by atoms with Crippen LogP contribution in [0.2, 0.25) is 0 Å². The van der Waals surface area contributed by atoms with Gasteiger partial charge in [0.2, 0.25) is 11.1 Å². The van der Waals surface area contributed by atoms with Crippen molar-refractivity contribution in [1.29, 1.82) is 0 Å². The Morgan fingerprint density at radius 1 is 1.24 bits per heavy atom. The molecule has 7 nitrogen and oxygen atoms in total. The van der Waals surface area contributed by atoms with E-state index in [-0.39, 0.29) is 5.91 Å². The molecule has 1 aromatic carbocycles. The summed E-state index contributed by atoms with van der Waals surface area (Å²) < 4.78 is 1.78. The van der Waals surface area contributed by atoms with Gasteiger partial charge >= 0.3 is 0 Å². The standard InChI is InChI=1S/C24H30N6OS2/c1-15(2)18-9-6-7-10-20(18)26-24-29(13-8-14-33-24)21(31)12-11-19-16(3)25-22-27-23(32-5)28-30(22)17(19)4/h6-7,9-10,15H,8,11-14H2,1-5H3. The number of amides is 1. The molecule has 2 aromatic heterocycles. The second-order valence-corrected chi connectivity index (χ2v) is 10.3. The summed E-state index contributed by atoms with van der Waals surface area (Å²) in [4.78, 5) is 29.2. The Kier molecular flexibility index (Phi) is 7.38. The van der Waals surface area contributed by atoms with Crippen molar-refractivity contribution < 1.29 is 4.79 Å². The molecule has 1 fully saturated rings. The Morgan fingerprint density at radius 3 is 2.79 bits per heavy atom. The van der Waals surface area contributed by atoms with Crippen molar-refractivity contribution in [2.24, 2.45) is 4.99 Å². The Labute approximate surface area is 203 Å². The number of benzene rings is 1. The Hall–Kier alpha value is -2.39. The minimum Gasteiger partial charge on any atom is -0.291 e. The van der Waals surface area contributed by atoms with Gasteiger partial charge in [-0.3, -0.25) is 9.69 Å². The zero-order valence-electron chi connectivity index (χ0n) is 19.8. The monoisotopic (exact) mass is 482 g/mol. The molecule has 1 amide bonds. The first-order valence-corrected chi connectivity index (χ1v) is 13.5. The van der Waals surface area contributed by atoms with Crippen molar-refractivity contribution in [3.63, 3.8) is 0 Å². The van der Waals surface area contributed by atoms with Gasteiger partial charge in [0, 0.05) is 30.1 Å². The zero-order chi connectivity index (χ0) is 23.5. The number of amidine groups is 1. The highest BCUT2D eigenvalue weighted by atomic mass is 32.2. The van der Waals surface area contributed by atoms with Crippen LogP contribution in [0.5, 0.6) is 0 Å². The molecule has 0 N–H and O–H groups in total. The lowest BCUT2D eigenvalue weighted by Crippen LogP contribution is -2.39. The molecule has 1 saturated heterocycles. The van der Waals surface area contributed by atoms with E-state index in [4.69, 9.17) is 4.99 Å². The summed E-state index contributed by atoms with van der Waals surface area (Å²) >= 11 is 3.16. The molecule has 0 unspecified atom stereocenters. The molecule has 9 heteroatoms. The van der Waals surface area contributed by atoms with E-state index in [9.17, 15) is 4.79 Å². The molecule has 0 bridgehead atoms. The van der Waals surface area contributed by atoms with Crippen molar-refractivity contribution in [3.05, 3.63) is 46.8 Å². The number of aryl methyl sites for hydroxylation is 2. The first-order valence-electron chi connectivity index (χ1n) is 11.3. The van der Waals surface area contributed by atoms with Crippen LogP contribution in [0.25, 0.3) is 5.78 Å². The molecule has 33 heavy (non-hydrogen) atoms. The smallest absolute Gasteiger partial charge is 0.253 e. The highest BCUT2D eigenvalue weighted by Crippen LogP contribution is 2.30. The molecule has 4 rings (SSSR count). The van der Waals surface area contributed by atoms with E-state index >= 15 is 0 Å². The number of carbonyl (C=O) groups excluding carboxylic acids is 1. The third kappa shape index (κ3) is 5.09. The predicted octanol–water partition coefficient (Wildman–Crippen LogP) is 5.17. The minimum atomic E-state index is 0.102. The molecule has 0 saturated carbocycles. The number of carbonyl (C=O) groups is 1. The quantitative estimate of drug-likeness (QED) is 0.451. The highest BCUT2D eigenvalue weighted by molar-refractivity contribution is 8.13. The largest absolute Gasteiger partial charge is 0.291 e. The topological polar surface area (TPSA) is 75.8 Å². The lowest BCUT2D eigenvalue weighted by molar-refractivity contribution is -0.127. The first-order chi connectivity index (χ1) is 15.9. The SMILES string of the molecule is CSc1nc2nc(C)c(CCC(=O)N3CCCSC3=Nc3ccccc3C(C)C)c(C)n2n1. The van der Waals surface area contributed by atoms with Gasteiger partial charge in [-0.25, -0.2) is 14.5 Å². The minimum absolute atomic E-state index is 0.102. The van der Waals surface area contributed by atoms with Crippen molar-refractivity contribution in [1.82, 2.24) is 24.5 Å². The highest BCUT2D eigenvalue weighted by Gasteiger charge is 2.25. The van der Waals surface area contributed by atoms with Crippen LogP contribution < -0.4 is 0 Å². The van der Waals surface area contributed by atoms with Crippen LogP contribution in [0, 0.1) is 13.8 Å². The average Bonchev–Trinajstić information content (AvgIpc) is 3.22. The Morgan fingerprint density at radius 2 is 2.03 bits per heavy atom. The van der Waals surface area contributed by atoms with E-state index in [0.717, 1.165) is 40.0 Å². The summed E-state index contributed by atoms with van der Waals surface area (Å²) in [5.41, 5.74) is 5.10. The maximum Gasteiger partial charge on any atom is 0.253 e. The van der Waals surface area contributed by atoms with Gasteiger partial charge in [-0.1, -0.05) is 55.6 Å². The average molecular weight is 483 g/mol. The van der Waals surface area contributed by atoms with Gasteiger partial charge in [-0.05, 0) is 56.1 Å². The zero-order valence-corrected chi connectivity index (χ0v) is 21.5. The first kappa shape index (κ1) is 23.8. The van der Waals surface area contributed by atoms with Crippen molar-refractivity contribution in [2.45, 2.75) is 58.0 Å². The maximum atomic E-state index is 13.3. The molecule has 0 spiro atoms. The van der Waals surface area contributed by atoms with Gasteiger partial charge in [-0.15, -0.1) is 5.10 Å². The molecule has 1 aliphatic heterocycles. The molecule has 0 aliphatic carbocycles. The summed E-state index contributed by atoms with van der Waals surface area (Å²) in [5, 5.41) is 6.03. The summed E-state index contributed by atoms with van der Waals surface area (Å²) in [5.74, 6) is 2.07. The molecular weight excluding hydrogens is 452 g/mol. The van der Waals surface area contributed by atoms with E-state index in [1.165, 1.54) is 17.3 Å². The van der Waals surface area contributed by atoms with Crippen molar-refractivity contribution >= 4 is 46.1 Å². The van der Waals surface area contributed by atoms with E-state index in [1.807, 2.05) is 43.2 Å². The second-order valence-electron chi connectivity index (χ2n) is 8.43. The molecule has 1 aliphatic rings. The van der Waals surface area contributed by atoms with Crippen LogP contribution in [0.4, 0.5) is 5.69 Å². The second kappa shape index (κ2) is 10.3. The van der Waals surface area contributed by atoms with E-state index < -0.39 is 0 Å². The van der Waals surface area contributed by atoms with Crippen LogP contribution in [0.15, 0.2) is 34.4 Å². The third-order valence-corrected chi connectivity index (χ3v) is 7.47. The van der Waals surface area contributed by atoms with Crippen LogP contribution in [0.3, 0.4) is 0 Å². The molecule has 174 valence electrons. The fourth-order valence-corrected chi connectivity index (χ4v) is 5.37. The van der Waals surface area contributed by atoms with E-state index in [2.05, 4.69) is 35.0 Å². The van der Waals surface area contributed by atoms with Crippen LogP contribution in [-0.2, 0) is 11.2 Å². The number of rotatable bonds is 6. The van der Waals surface area contributed by atoms with Gasteiger partial charge in [0.1, 0.15) is 0 Å². The number of para-hydroxylation sites is 1. The lowest BCUT2D eigenvalue weighted by atomic mass is 10.0. The number of aliphatic imine (C=N–C) groups is 1. The van der Waals surface area contributed by atoms with Gasteiger partial charge < -0.3 is 0 Å². The molecule has 0 radical (unpaired) electrons. The number of hydrogen-bond donors (Lipinski definition) is 0. The van der Waals surface area contributed by atoms with Crippen LogP contribution >= 0.6 is 23.5 Å². The summed E-state index contributed by atoms with van der Waals surface area (Å²) in [6.07, 6.45) is 3.95.